The van der Waals surface area contributed by atoms with Crippen molar-refractivity contribution in [2.45, 2.75) is 25.2 Å². The van der Waals surface area contributed by atoms with E-state index < -0.39 is 10.0 Å². The van der Waals surface area contributed by atoms with Crippen LogP contribution in [-0.4, -0.2) is 41.1 Å². The molecule has 0 fully saturated rings. The standard InChI is InChI=1S/C20H22ClN5O3S2/c1-3-25-18(13-26(31(2,28)29)17-7-5-4-6-8-17)23-24-20(25)30-14-19(27)22-16-11-9-15(21)10-12-16/h4-12H,3,13-14H2,1-2H3,(H,22,27). The molecular weight excluding hydrogens is 458 g/mol. The molecule has 164 valence electrons. The topological polar surface area (TPSA) is 97.2 Å². The Kier molecular flexibility index (Phi) is 7.58. The van der Waals surface area contributed by atoms with Crippen LogP contribution in [0.15, 0.2) is 59.8 Å². The normalized spacial score (nSPS) is 11.3. The first kappa shape index (κ1) is 23.1. The van der Waals surface area contributed by atoms with Crippen molar-refractivity contribution in [1.82, 2.24) is 14.8 Å². The van der Waals surface area contributed by atoms with Gasteiger partial charge in [-0.3, -0.25) is 9.10 Å². The first-order valence-electron chi connectivity index (χ1n) is 9.41. The maximum absolute atomic E-state index is 12.4. The molecule has 31 heavy (non-hydrogen) atoms. The number of hydrogen-bond donors (Lipinski definition) is 1. The lowest BCUT2D eigenvalue weighted by molar-refractivity contribution is -0.113. The number of rotatable bonds is 9. The van der Waals surface area contributed by atoms with Gasteiger partial charge in [-0.05, 0) is 43.3 Å². The number of nitrogens with zero attached hydrogens (tertiary/aromatic N) is 4. The highest BCUT2D eigenvalue weighted by atomic mass is 35.5. The lowest BCUT2D eigenvalue weighted by atomic mass is 10.3. The number of carbonyl (C=O) groups excluding carboxylic acids is 1. The molecule has 0 bridgehead atoms. The third-order valence-corrected chi connectivity index (χ3v) is 6.66. The Labute approximate surface area is 190 Å². The van der Waals surface area contributed by atoms with Crippen LogP contribution in [0.2, 0.25) is 5.02 Å². The zero-order valence-electron chi connectivity index (χ0n) is 17.0. The highest BCUT2D eigenvalue weighted by Gasteiger charge is 2.22. The summed E-state index contributed by atoms with van der Waals surface area (Å²) >= 11 is 7.09. The molecule has 0 aliphatic rings. The number of nitrogens with one attached hydrogen (secondary N) is 1. The van der Waals surface area contributed by atoms with Gasteiger partial charge in [-0.2, -0.15) is 0 Å². The molecule has 3 aromatic rings. The van der Waals surface area contributed by atoms with E-state index in [-0.39, 0.29) is 18.2 Å². The minimum Gasteiger partial charge on any atom is -0.325 e. The summed E-state index contributed by atoms with van der Waals surface area (Å²) in [5.74, 6) is 0.439. The Morgan fingerprint density at radius 3 is 2.42 bits per heavy atom. The number of halogens is 1. The van der Waals surface area contributed by atoms with E-state index in [1.165, 1.54) is 16.1 Å². The highest BCUT2D eigenvalue weighted by molar-refractivity contribution is 7.99. The van der Waals surface area contributed by atoms with Crippen LogP contribution in [0.25, 0.3) is 0 Å². The molecule has 1 amide bonds. The van der Waals surface area contributed by atoms with Crippen molar-refractivity contribution < 1.29 is 13.2 Å². The predicted octanol–water partition coefficient (Wildman–Crippen LogP) is 3.65. The molecule has 0 unspecified atom stereocenters. The lowest BCUT2D eigenvalue weighted by Gasteiger charge is -2.22. The molecule has 0 saturated heterocycles. The average molecular weight is 480 g/mol. The van der Waals surface area contributed by atoms with Gasteiger partial charge in [0.2, 0.25) is 15.9 Å². The van der Waals surface area contributed by atoms with Gasteiger partial charge in [0.1, 0.15) is 0 Å². The summed E-state index contributed by atoms with van der Waals surface area (Å²) in [7, 11) is -3.52. The van der Waals surface area contributed by atoms with E-state index in [9.17, 15) is 13.2 Å². The second-order valence-corrected chi connectivity index (χ2v) is 9.88. The fraction of sp³-hybridized carbons (Fsp3) is 0.250. The third-order valence-electron chi connectivity index (χ3n) is 4.30. The van der Waals surface area contributed by atoms with E-state index >= 15 is 0 Å². The monoisotopic (exact) mass is 479 g/mol. The number of aromatic nitrogens is 3. The van der Waals surface area contributed by atoms with Crippen LogP contribution < -0.4 is 9.62 Å². The zero-order chi connectivity index (χ0) is 22.4. The predicted molar refractivity (Wildman–Crippen MR) is 124 cm³/mol. The van der Waals surface area contributed by atoms with Crippen LogP contribution in [0.3, 0.4) is 0 Å². The number of para-hydroxylation sites is 1. The summed E-state index contributed by atoms with van der Waals surface area (Å²) in [5.41, 5.74) is 1.20. The van der Waals surface area contributed by atoms with Crippen LogP contribution in [0, 0.1) is 0 Å². The largest absolute Gasteiger partial charge is 0.325 e. The van der Waals surface area contributed by atoms with E-state index in [4.69, 9.17) is 11.6 Å². The molecule has 8 nitrogen and oxygen atoms in total. The summed E-state index contributed by atoms with van der Waals surface area (Å²) < 4.78 is 27.8. The maximum atomic E-state index is 12.4. The summed E-state index contributed by atoms with van der Waals surface area (Å²) in [4.78, 5) is 12.3. The van der Waals surface area contributed by atoms with Gasteiger partial charge >= 0.3 is 0 Å². The Bertz CT molecular complexity index is 1140. The Morgan fingerprint density at radius 2 is 1.81 bits per heavy atom. The van der Waals surface area contributed by atoms with Crippen LogP contribution in [0.1, 0.15) is 12.7 Å². The summed E-state index contributed by atoms with van der Waals surface area (Å²) in [6, 6.07) is 15.7. The van der Waals surface area contributed by atoms with Crippen LogP contribution in [0.5, 0.6) is 0 Å². The van der Waals surface area contributed by atoms with Gasteiger partial charge in [0, 0.05) is 17.3 Å². The molecule has 0 spiro atoms. The van der Waals surface area contributed by atoms with Crippen molar-refractivity contribution in [3.8, 4) is 0 Å². The number of carbonyl (C=O) groups is 1. The second kappa shape index (κ2) is 10.2. The van der Waals surface area contributed by atoms with Gasteiger partial charge in [-0.25, -0.2) is 8.42 Å². The molecule has 1 N–H and O–H groups in total. The molecule has 0 aliphatic carbocycles. The summed E-state index contributed by atoms with van der Waals surface area (Å²) in [6.45, 7) is 2.50. The van der Waals surface area contributed by atoms with E-state index in [1.807, 2.05) is 13.0 Å². The number of thioether (sulfide) groups is 1. The number of amides is 1. The van der Waals surface area contributed by atoms with Gasteiger partial charge < -0.3 is 9.88 Å². The molecule has 11 heteroatoms. The summed E-state index contributed by atoms with van der Waals surface area (Å²) in [5, 5.41) is 12.3. The molecule has 0 radical (unpaired) electrons. The van der Waals surface area contributed by atoms with E-state index in [0.717, 1.165) is 6.26 Å². The molecular formula is C20H22ClN5O3S2. The number of sulfonamides is 1. The quantitative estimate of drug-likeness (QED) is 0.470. The Balaban J connectivity index is 1.71. The second-order valence-electron chi connectivity index (χ2n) is 6.59. The lowest BCUT2D eigenvalue weighted by Crippen LogP contribution is -2.30. The van der Waals surface area contributed by atoms with Crippen molar-refractivity contribution in [2.24, 2.45) is 0 Å². The highest BCUT2D eigenvalue weighted by Crippen LogP contribution is 2.23. The van der Waals surface area contributed by atoms with Crippen molar-refractivity contribution in [2.75, 3.05) is 21.6 Å². The smallest absolute Gasteiger partial charge is 0.234 e. The number of benzene rings is 2. The Morgan fingerprint density at radius 1 is 1.13 bits per heavy atom. The van der Waals surface area contributed by atoms with Crippen LogP contribution in [-0.2, 0) is 27.9 Å². The van der Waals surface area contributed by atoms with Gasteiger partial charge in [0.25, 0.3) is 0 Å². The fourth-order valence-corrected chi connectivity index (χ4v) is 4.65. The first-order chi connectivity index (χ1) is 14.8. The van der Waals surface area contributed by atoms with E-state index in [1.54, 1.807) is 53.1 Å². The SMILES string of the molecule is CCn1c(CN(c2ccccc2)S(C)(=O)=O)nnc1SCC(=O)Nc1ccc(Cl)cc1. The first-order valence-corrected chi connectivity index (χ1v) is 12.6. The van der Waals surface area contributed by atoms with Gasteiger partial charge in [-0.15, -0.1) is 10.2 Å². The molecule has 1 heterocycles. The number of hydrogen-bond acceptors (Lipinski definition) is 6. The molecule has 3 rings (SSSR count). The minimum atomic E-state index is -3.52. The van der Waals surface area contributed by atoms with Crippen molar-refractivity contribution in [1.29, 1.82) is 0 Å². The molecule has 0 aliphatic heterocycles. The van der Waals surface area contributed by atoms with Crippen molar-refractivity contribution >= 4 is 50.7 Å². The minimum absolute atomic E-state index is 0.0429. The van der Waals surface area contributed by atoms with E-state index in [0.29, 0.717) is 33.9 Å². The van der Waals surface area contributed by atoms with Crippen LogP contribution in [0.4, 0.5) is 11.4 Å². The van der Waals surface area contributed by atoms with E-state index in [2.05, 4.69) is 15.5 Å². The number of anilines is 2. The summed E-state index contributed by atoms with van der Waals surface area (Å²) in [6.07, 6.45) is 1.16. The average Bonchev–Trinajstić information content (AvgIpc) is 3.13. The molecule has 2 aromatic carbocycles. The van der Waals surface area contributed by atoms with Crippen LogP contribution >= 0.6 is 23.4 Å². The third kappa shape index (κ3) is 6.22. The molecule has 0 saturated carbocycles. The molecule has 0 atom stereocenters. The molecule has 1 aromatic heterocycles. The van der Waals surface area contributed by atoms with Gasteiger partial charge in [0.15, 0.2) is 11.0 Å². The van der Waals surface area contributed by atoms with Gasteiger partial charge in [0.05, 0.1) is 24.2 Å². The zero-order valence-corrected chi connectivity index (χ0v) is 19.4. The van der Waals surface area contributed by atoms with Gasteiger partial charge in [-0.1, -0.05) is 41.6 Å². The maximum Gasteiger partial charge on any atom is 0.234 e. The Hall–Kier alpha value is -2.56. The van der Waals surface area contributed by atoms with Crippen molar-refractivity contribution in [3.63, 3.8) is 0 Å². The fourth-order valence-electron chi connectivity index (χ4n) is 2.84. The van der Waals surface area contributed by atoms with Crippen molar-refractivity contribution in [3.05, 3.63) is 65.4 Å².